The highest BCUT2D eigenvalue weighted by atomic mass is 16.6. The van der Waals surface area contributed by atoms with Gasteiger partial charge in [0.15, 0.2) is 0 Å². The van der Waals surface area contributed by atoms with Gasteiger partial charge in [-0.1, -0.05) is 12.1 Å². The van der Waals surface area contributed by atoms with Gasteiger partial charge in [0.2, 0.25) is 5.58 Å². The average molecular weight is 249 g/mol. The summed E-state index contributed by atoms with van der Waals surface area (Å²) in [5, 5.41) is 19.8. The Hall–Kier alpha value is -2.70. The van der Waals surface area contributed by atoms with E-state index in [2.05, 4.69) is 0 Å². The van der Waals surface area contributed by atoms with Gasteiger partial charge in [-0.05, 0) is 5.56 Å². The summed E-state index contributed by atoms with van der Waals surface area (Å²) in [5.41, 5.74) is -1.19. The van der Waals surface area contributed by atoms with Gasteiger partial charge in [-0.25, -0.2) is 4.79 Å². The van der Waals surface area contributed by atoms with E-state index in [9.17, 15) is 19.7 Å². The number of benzene rings is 1. The number of rotatable bonds is 3. The molecule has 0 aliphatic rings. The van der Waals surface area contributed by atoms with Crippen molar-refractivity contribution < 1.29 is 19.2 Å². The maximum absolute atomic E-state index is 11.3. The molecule has 7 nitrogen and oxygen atoms in total. The van der Waals surface area contributed by atoms with Gasteiger partial charge in [-0.3, -0.25) is 14.9 Å². The molecule has 1 N–H and O–H groups in total. The molecule has 0 spiro atoms. The lowest BCUT2D eigenvalue weighted by Crippen LogP contribution is -2.07. The molecule has 0 aliphatic carbocycles. The minimum atomic E-state index is -1.13. The molecule has 1 aromatic carbocycles. The van der Waals surface area contributed by atoms with Crippen LogP contribution in [0.3, 0.4) is 0 Å². The first kappa shape index (κ1) is 11.8. The van der Waals surface area contributed by atoms with Crippen molar-refractivity contribution in [1.29, 1.82) is 0 Å². The summed E-state index contributed by atoms with van der Waals surface area (Å²) >= 11 is 0. The molecule has 0 unspecified atom stereocenters. The molecule has 2 aromatic rings. The number of carboxylic acid groups (broad SMARTS) is 1. The summed E-state index contributed by atoms with van der Waals surface area (Å²) in [6, 6.07) is 5.10. The van der Waals surface area contributed by atoms with Gasteiger partial charge in [0.1, 0.15) is 0 Å². The Morgan fingerprint density at radius 1 is 1.44 bits per heavy atom. The highest BCUT2D eigenvalue weighted by Gasteiger charge is 2.17. The first-order valence-electron chi connectivity index (χ1n) is 4.91. The van der Waals surface area contributed by atoms with Crippen molar-refractivity contribution in [3.8, 4) is 0 Å². The Balaban J connectivity index is 2.81. The second kappa shape index (κ2) is 4.28. The van der Waals surface area contributed by atoms with E-state index in [-0.39, 0.29) is 22.2 Å². The SMILES string of the molecule is O=C(O)Cc1cc(=O)oc2c([N+](=O)[O-])cccc12. The van der Waals surface area contributed by atoms with E-state index < -0.39 is 22.9 Å². The van der Waals surface area contributed by atoms with Crippen LogP contribution in [0.1, 0.15) is 5.56 Å². The fourth-order valence-electron chi connectivity index (χ4n) is 1.69. The molecule has 0 saturated heterocycles. The molecule has 0 amide bonds. The Bertz CT molecular complexity index is 702. The van der Waals surface area contributed by atoms with Crippen LogP contribution in [0.25, 0.3) is 11.0 Å². The molecule has 1 heterocycles. The van der Waals surface area contributed by atoms with E-state index in [1.807, 2.05) is 0 Å². The average Bonchev–Trinajstić information content (AvgIpc) is 2.26. The van der Waals surface area contributed by atoms with E-state index in [0.717, 1.165) is 6.07 Å². The summed E-state index contributed by atoms with van der Waals surface area (Å²) in [5.74, 6) is -1.13. The van der Waals surface area contributed by atoms with Crippen molar-refractivity contribution in [1.82, 2.24) is 0 Å². The van der Waals surface area contributed by atoms with Crippen molar-refractivity contribution in [2.75, 3.05) is 0 Å². The van der Waals surface area contributed by atoms with Crippen LogP contribution >= 0.6 is 0 Å². The van der Waals surface area contributed by atoms with Crippen molar-refractivity contribution in [2.24, 2.45) is 0 Å². The third-order valence-electron chi connectivity index (χ3n) is 2.37. The largest absolute Gasteiger partial charge is 0.481 e. The molecule has 92 valence electrons. The summed E-state index contributed by atoms with van der Waals surface area (Å²) in [4.78, 5) is 32.1. The van der Waals surface area contributed by atoms with Gasteiger partial charge in [0, 0.05) is 17.5 Å². The number of non-ortho nitro benzene ring substituents is 1. The predicted octanol–water partition coefficient (Wildman–Crippen LogP) is 1.33. The zero-order valence-corrected chi connectivity index (χ0v) is 8.95. The number of hydrogen-bond donors (Lipinski definition) is 1. The van der Waals surface area contributed by atoms with Crippen LogP contribution in [0, 0.1) is 10.1 Å². The quantitative estimate of drug-likeness (QED) is 0.499. The normalized spacial score (nSPS) is 10.4. The summed E-state index contributed by atoms with van der Waals surface area (Å²) in [6.07, 6.45) is -0.400. The molecule has 0 radical (unpaired) electrons. The monoisotopic (exact) mass is 249 g/mol. The maximum atomic E-state index is 11.3. The van der Waals surface area contributed by atoms with E-state index in [0.29, 0.717) is 0 Å². The molecular weight excluding hydrogens is 242 g/mol. The van der Waals surface area contributed by atoms with Gasteiger partial charge < -0.3 is 9.52 Å². The van der Waals surface area contributed by atoms with Crippen molar-refractivity contribution in [3.05, 3.63) is 50.4 Å². The van der Waals surface area contributed by atoms with Crippen LogP contribution in [0.2, 0.25) is 0 Å². The fraction of sp³-hybridized carbons (Fsp3) is 0.0909. The fourth-order valence-corrected chi connectivity index (χ4v) is 1.69. The Kier molecular flexibility index (Phi) is 2.80. The lowest BCUT2D eigenvalue weighted by molar-refractivity contribution is -0.383. The number of nitro benzene ring substituents is 1. The maximum Gasteiger partial charge on any atom is 0.336 e. The lowest BCUT2D eigenvalue weighted by atomic mass is 10.1. The first-order chi connectivity index (χ1) is 8.49. The van der Waals surface area contributed by atoms with Gasteiger partial charge in [0.05, 0.1) is 11.3 Å². The third kappa shape index (κ3) is 2.05. The molecule has 0 saturated carbocycles. The van der Waals surface area contributed by atoms with Gasteiger partial charge >= 0.3 is 17.3 Å². The summed E-state index contributed by atoms with van der Waals surface area (Å²) < 4.78 is 4.79. The van der Waals surface area contributed by atoms with Crippen LogP contribution in [-0.2, 0) is 11.2 Å². The molecule has 18 heavy (non-hydrogen) atoms. The minimum absolute atomic E-state index is 0.192. The smallest absolute Gasteiger partial charge is 0.336 e. The first-order valence-corrected chi connectivity index (χ1v) is 4.91. The molecule has 0 atom stereocenters. The van der Waals surface area contributed by atoms with Crippen LogP contribution < -0.4 is 5.63 Å². The molecule has 0 bridgehead atoms. The molecule has 0 aliphatic heterocycles. The van der Waals surface area contributed by atoms with Crippen molar-refractivity contribution in [2.45, 2.75) is 6.42 Å². The van der Waals surface area contributed by atoms with E-state index >= 15 is 0 Å². The van der Waals surface area contributed by atoms with Gasteiger partial charge in [-0.2, -0.15) is 0 Å². The second-order valence-electron chi connectivity index (χ2n) is 3.57. The van der Waals surface area contributed by atoms with Gasteiger partial charge in [-0.15, -0.1) is 0 Å². The zero-order chi connectivity index (χ0) is 13.3. The molecule has 1 aromatic heterocycles. The number of nitro groups is 1. The van der Waals surface area contributed by atoms with Crippen molar-refractivity contribution in [3.63, 3.8) is 0 Å². The molecule has 7 heteroatoms. The van der Waals surface area contributed by atoms with Gasteiger partial charge in [0.25, 0.3) is 0 Å². The number of hydrogen-bond acceptors (Lipinski definition) is 5. The number of carboxylic acids is 1. The predicted molar refractivity (Wildman–Crippen MR) is 60.5 cm³/mol. The van der Waals surface area contributed by atoms with Crippen LogP contribution in [-0.4, -0.2) is 16.0 Å². The number of fused-ring (bicyclic) bond motifs is 1. The third-order valence-corrected chi connectivity index (χ3v) is 2.37. The van der Waals surface area contributed by atoms with E-state index in [1.165, 1.54) is 18.2 Å². The Labute approximate surface area is 99.4 Å². The van der Waals surface area contributed by atoms with Crippen LogP contribution in [0.15, 0.2) is 33.5 Å². The zero-order valence-electron chi connectivity index (χ0n) is 8.95. The number of nitrogens with zero attached hydrogens (tertiary/aromatic N) is 1. The molecule has 2 rings (SSSR count). The van der Waals surface area contributed by atoms with Crippen LogP contribution in [0.5, 0.6) is 0 Å². The minimum Gasteiger partial charge on any atom is -0.481 e. The summed E-state index contributed by atoms with van der Waals surface area (Å²) in [6.45, 7) is 0. The highest BCUT2D eigenvalue weighted by Crippen LogP contribution is 2.26. The lowest BCUT2D eigenvalue weighted by Gasteiger charge is -2.02. The summed E-state index contributed by atoms with van der Waals surface area (Å²) in [7, 11) is 0. The second-order valence-corrected chi connectivity index (χ2v) is 3.57. The standard InChI is InChI=1S/C11H7NO6/c13-9(14)4-6-5-10(15)18-11-7(6)2-1-3-8(11)12(16)17/h1-3,5H,4H2,(H,13,14). The van der Waals surface area contributed by atoms with E-state index in [1.54, 1.807) is 0 Å². The van der Waals surface area contributed by atoms with E-state index in [4.69, 9.17) is 9.52 Å². The topological polar surface area (TPSA) is 111 Å². The number of para-hydroxylation sites is 1. The highest BCUT2D eigenvalue weighted by molar-refractivity contribution is 5.90. The number of carbonyl (C=O) groups is 1. The van der Waals surface area contributed by atoms with Crippen LogP contribution in [0.4, 0.5) is 5.69 Å². The molecular formula is C11H7NO6. The number of aliphatic carboxylic acids is 1. The molecule has 0 fully saturated rings. The van der Waals surface area contributed by atoms with Crippen molar-refractivity contribution >= 4 is 22.6 Å². The Morgan fingerprint density at radius 2 is 2.17 bits per heavy atom. The Morgan fingerprint density at radius 3 is 2.78 bits per heavy atom.